The Morgan fingerprint density at radius 1 is 1.53 bits per heavy atom. The van der Waals surface area contributed by atoms with Gasteiger partial charge in [0.1, 0.15) is 0 Å². The number of nitrogens with two attached hydrogens (primary N) is 2. The molecule has 0 bridgehead atoms. The summed E-state index contributed by atoms with van der Waals surface area (Å²) in [4.78, 5) is 7.42. The van der Waals surface area contributed by atoms with Gasteiger partial charge in [0, 0.05) is 0 Å². The summed E-state index contributed by atoms with van der Waals surface area (Å²) in [5.74, 6) is 2.37. The number of nitrogens with zero attached hydrogens (tertiary/aromatic N) is 2. The van der Waals surface area contributed by atoms with E-state index in [1.807, 2.05) is 0 Å². The molecule has 0 radical (unpaired) electrons. The van der Waals surface area contributed by atoms with Gasteiger partial charge in [-0.05, 0) is 0 Å². The van der Waals surface area contributed by atoms with Crippen LogP contribution in [0.25, 0.3) is 0 Å². The molecule has 0 spiro atoms. The molecule has 9 heteroatoms. The van der Waals surface area contributed by atoms with Crippen molar-refractivity contribution in [2.45, 2.75) is 6.10 Å². The molecule has 0 amide bonds. The second-order valence-corrected chi connectivity index (χ2v) is 3.27. The van der Waals surface area contributed by atoms with E-state index in [4.69, 9.17) is 26.0 Å². The molecular weight excluding hydrogens is 247 g/mol. The molecule has 0 saturated carbocycles. The van der Waals surface area contributed by atoms with Crippen LogP contribution in [-0.4, -0.2) is 34.4 Å². The molecule has 0 aliphatic rings. The van der Waals surface area contributed by atoms with E-state index in [1.54, 1.807) is 0 Å². The van der Waals surface area contributed by atoms with Crippen molar-refractivity contribution in [1.29, 1.82) is 0 Å². The third-order valence-electron chi connectivity index (χ3n) is 1.62. The van der Waals surface area contributed by atoms with E-state index in [9.17, 15) is 4.57 Å². The average molecular weight is 258 g/mol. The Bertz CT molecular complexity index is 457. The molecule has 5 N–H and O–H groups in total. The van der Waals surface area contributed by atoms with Crippen LogP contribution in [-0.2, 0) is 9.30 Å². The summed E-state index contributed by atoms with van der Waals surface area (Å²) < 4.78 is 20.0. The van der Waals surface area contributed by atoms with Crippen LogP contribution >= 0.6 is 7.92 Å². The van der Waals surface area contributed by atoms with Gasteiger partial charge in [-0.15, -0.1) is 0 Å². The Morgan fingerprint density at radius 3 is 2.88 bits per heavy atom. The molecule has 0 aliphatic heterocycles. The number of rotatable bonds is 5. The summed E-state index contributed by atoms with van der Waals surface area (Å²) >= 11 is 0. The van der Waals surface area contributed by atoms with Gasteiger partial charge in [-0.25, -0.2) is 0 Å². The average Bonchev–Trinajstić information content (AvgIpc) is 2.28. The molecule has 1 aromatic rings. The maximum atomic E-state index is 10.1. The molecule has 0 aliphatic carbocycles. The van der Waals surface area contributed by atoms with Crippen molar-refractivity contribution in [3.63, 3.8) is 0 Å². The van der Waals surface area contributed by atoms with Crippen molar-refractivity contribution in [2.75, 3.05) is 24.7 Å². The molecule has 1 unspecified atom stereocenters. The molecule has 92 valence electrons. The van der Waals surface area contributed by atoms with Crippen molar-refractivity contribution in [3.05, 3.63) is 6.07 Å². The van der Waals surface area contributed by atoms with Crippen LogP contribution in [0.2, 0.25) is 0 Å². The molecular formula is C8H11N4O4P. The fourth-order valence-corrected chi connectivity index (χ4v) is 1.13. The van der Waals surface area contributed by atoms with Crippen molar-refractivity contribution in [1.82, 2.24) is 9.97 Å². The van der Waals surface area contributed by atoms with Crippen LogP contribution in [0.3, 0.4) is 0 Å². The Kier molecular flexibility index (Phi) is 5.45. The molecule has 17 heavy (non-hydrogen) atoms. The second kappa shape index (κ2) is 6.88. The molecule has 1 atom stereocenters. The number of aromatic nitrogens is 2. The normalized spacial score (nSPS) is 11.6. The molecule has 1 heterocycles. The zero-order valence-electron chi connectivity index (χ0n) is 8.74. The molecule has 1 aromatic heterocycles. The van der Waals surface area contributed by atoms with Gasteiger partial charge in [0.2, 0.25) is 0 Å². The van der Waals surface area contributed by atoms with Crippen LogP contribution in [0, 0.1) is 5.81 Å². The fourth-order valence-electron chi connectivity index (χ4n) is 0.934. The zero-order chi connectivity index (χ0) is 12.7. The molecule has 1 rings (SSSR count). The van der Waals surface area contributed by atoms with Gasteiger partial charge in [0.05, 0.1) is 0 Å². The van der Waals surface area contributed by atoms with Crippen molar-refractivity contribution < 1.29 is 19.1 Å². The molecule has 0 fully saturated rings. The Hall–Kier alpha value is -1.59. The van der Waals surface area contributed by atoms with Crippen LogP contribution in [0.15, 0.2) is 6.07 Å². The van der Waals surface area contributed by atoms with Gasteiger partial charge in [0.15, 0.2) is 0 Å². The van der Waals surface area contributed by atoms with Gasteiger partial charge in [0.25, 0.3) is 0 Å². The molecule has 0 aromatic carbocycles. The van der Waals surface area contributed by atoms with Crippen molar-refractivity contribution in [2.24, 2.45) is 0 Å². The number of hydrogen-bond acceptors (Lipinski definition) is 8. The first-order chi connectivity index (χ1) is 8.15. The Morgan fingerprint density at radius 2 is 2.29 bits per heavy atom. The first-order valence-electron chi connectivity index (χ1n) is 4.52. The summed E-state index contributed by atoms with van der Waals surface area (Å²) in [5.41, 5.74) is 10.8. The number of ether oxygens (including phenoxy) is 2. The van der Waals surface area contributed by atoms with Gasteiger partial charge in [-0.3, -0.25) is 0 Å². The summed E-state index contributed by atoms with van der Waals surface area (Å²) in [5, 5.41) is 8.91. The zero-order valence-corrected chi connectivity index (χ0v) is 9.63. The summed E-state index contributed by atoms with van der Waals surface area (Å²) in [6, 6.07) is 1.38. The Balaban J connectivity index is 2.57. The monoisotopic (exact) mass is 258 g/mol. The van der Waals surface area contributed by atoms with Gasteiger partial charge < -0.3 is 0 Å². The first kappa shape index (κ1) is 13.5. The van der Waals surface area contributed by atoms with E-state index in [-0.39, 0.29) is 30.9 Å². The predicted octanol–water partition coefficient (Wildman–Crippen LogP) is -0.394. The van der Waals surface area contributed by atoms with E-state index in [0.29, 0.717) is 0 Å². The van der Waals surface area contributed by atoms with Crippen molar-refractivity contribution in [3.8, 4) is 11.7 Å². The van der Waals surface area contributed by atoms with Gasteiger partial charge in [-0.2, -0.15) is 0 Å². The van der Waals surface area contributed by atoms with E-state index in [1.165, 1.54) is 6.07 Å². The standard InChI is InChI=1S/C8H11N4O4P/c9-6-1-7(12-8(10)11-6)15-3-5(2-13)16-4-17-14/h1,5,13H,2-3H2,(H4,9,10,11,12). The third kappa shape index (κ3) is 4.84. The molecule has 8 nitrogen and oxygen atoms in total. The minimum absolute atomic E-state index is 0.0160. The first-order valence-corrected chi connectivity index (χ1v) is 5.33. The second-order valence-electron chi connectivity index (χ2n) is 2.91. The number of aliphatic hydroxyl groups excluding tert-OH is 1. The maximum absolute atomic E-state index is 10.1. The summed E-state index contributed by atoms with van der Waals surface area (Å²) in [6.45, 7) is -0.340. The number of anilines is 2. The molecule has 0 saturated heterocycles. The van der Waals surface area contributed by atoms with Crippen molar-refractivity contribution >= 4 is 19.7 Å². The van der Waals surface area contributed by atoms with Crippen LogP contribution in [0.1, 0.15) is 0 Å². The van der Waals surface area contributed by atoms with E-state index >= 15 is 0 Å². The van der Waals surface area contributed by atoms with Crippen LogP contribution in [0.5, 0.6) is 5.88 Å². The predicted molar refractivity (Wildman–Crippen MR) is 59.8 cm³/mol. The van der Waals surface area contributed by atoms with Gasteiger partial charge in [-0.1, -0.05) is 0 Å². The minimum atomic E-state index is -0.700. The van der Waals surface area contributed by atoms with Crippen LogP contribution < -0.4 is 16.2 Å². The quantitative estimate of drug-likeness (QED) is 0.607. The van der Waals surface area contributed by atoms with E-state index in [2.05, 4.69) is 15.8 Å². The number of hydrogen-bond donors (Lipinski definition) is 3. The third-order valence-corrected chi connectivity index (χ3v) is 1.80. The van der Waals surface area contributed by atoms with Crippen LogP contribution in [0.4, 0.5) is 11.8 Å². The fraction of sp³-hybridized carbons (Fsp3) is 0.375. The summed E-state index contributed by atoms with van der Waals surface area (Å²) in [7, 11) is -0.408. The topological polar surface area (TPSA) is 134 Å². The Labute approximate surface area is 98.1 Å². The van der Waals surface area contributed by atoms with E-state index < -0.39 is 14.0 Å². The van der Waals surface area contributed by atoms with E-state index in [0.717, 1.165) is 0 Å². The SMILES string of the molecule is Nc1cc(OCC(CO)OC#P=O)nc(N)n1. The number of aliphatic hydroxyl groups is 1. The number of nitrogen functional groups attached to an aromatic ring is 2. The summed E-state index contributed by atoms with van der Waals surface area (Å²) in [6.07, 6.45) is -0.700. The van der Waals surface area contributed by atoms with Gasteiger partial charge >= 0.3 is 97.3 Å².